The molecular formula is C12H15BrFNO2. The van der Waals surface area contributed by atoms with Crippen molar-refractivity contribution in [3.8, 4) is 0 Å². The molecule has 1 N–H and O–H groups in total. The molecule has 0 bridgehead atoms. The van der Waals surface area contributed by atoms with Crippen molar-refractivity contribution in [1.82, 2.24) is 4.90 Å². The van der Waals surface area contributed by atoms with Crippen LogP contribution in [0.25, 0.3) is 0 Å². The number of hydrogen-bond acceptors (Lipinski definition) is 2. The maximum Gasteiger partial charge on any atom is 0.320 e. The molecule has 0 saturated carbocycles. The second-order valence-electron chi connectivity index (χ2n) is 4.02. The molecule has 0 fully saturated rings. The van der Waals surface area contributed by atoms with E-state index in [1.165, 1.54) is 6.07 Å². The number of benzene rings is 1. The molecule has 1 rings (SSSR count). The molecule has 0 heterocycles. The molecule has 0 spiro atoms. The van der Waals surface area contributed by atoms with Gasteiger partial charge in [0.1, 0.15) is 11.9 Å². The predicted molar refractivity (Wildman–Crippen MR) is 67.4 cm³/mol. The summed E-state index contributed by atoms with van der Waals surface area (Å²) in [7, 11) is 1.67. The lowest BCUT2D eigenvalue weighted by atomic mass is 10.1. The number of carboxylic acids is 1. The largest absolute Gasteiger partial charge is 0.480 e. The SMILES string of the molecule is CC(C(=O)O)N(C)C(C)c1cc(Br)ccc1F. The molecule has 1 aromatic rings. The quantitative estimate of drug-likeness (QED) is 0.929. The fourth-order valence-electron chi connectivity index (χ4n) is 1.56. The molecule has 0 amide bonds. The number of carboxylic acid groups (broad SMARTS) is 1. The number of likely N-dealkylation sites (N-methyl/N-ethyl adjacent to an activating group) is 1. The summed E-state index contributed by atoms with van der Waals surface area (Å²) < 4.78 is 14.4. The number of rotatable bonds is 4. The summed E-state index contributed by atoms with van der Waals surface area (Å²) >= 11 is 3.28. The maximum absolute atomic E-state index is 13.6. The molecule has 0 saturated heterocycles. The Balaban J connectivity index is 2.99. The standard InChI is InChI=1S/C12H15BrFNO2/c1-7(15(3)8(2)12(16)17)10-6-9(13)4-5-11(10)14/h4-8H,1-3H3,(H,16,17). The number of aliphatic carboxylic acids is 1. The summed E-state index contributed by atoms with van der Waals surface area (Å²) in [4.78, 5) is 12.5. The van der Waals surface area contributed by atoms with Crippen molar-refractivity contribution in [3.63, 3.8) is 0 Å². The Morgan fingerprint density at radius 2 is 2.06 bits per heavy atom. The van der Waals surface area contributed by atoms with Gasteiger partial charge in [-0.2, -0.15) is 0 Å². The molecular weight excluding hydrogens is 289 g/mol. The molecule has 3 nitrogen and oxygen atoms in total. The molecule has 1 aromatic carbocycles. The van der Waals surface area contributed by atoms with E-state index in [-0.39, 0.29) is 11.9 Å². The third-order valence-electron chi connectivity index (χ3n) is 2.99. The van der Waals surface area contributed by atoms with Crippen molar-refractivity contribution in [1.29, 1.82) is 0 Å². The van der Waals surface area contributed by atoms with Crippen LogP contribution in [0.3, 0.4) is 0 Å². The van der Waals surface area contributed by atoms with Crippen LogP contribution in [-0.4, -0.2) is 29.1 Å². The smallest absolute Gasteiger partial charge is 0.320 e. The van der Waals surface area contributed by atoms with Crippen LogP contribution in [0, 0.1) is 5.82 Å². The minimum Gasteiger partial charge on any atom is -0.480 e. The first-order valence-corrected chi connectivity index (χ1v) is 6.03. The van der Waals surface area contributed by atoms with Gasteiger partial charge < -0.3 is 5.11 Å². The number of carbonyl (C=O) groups is 1. The van der Waals surface area contributed by atoms with Gasteiger partial charge in [-0.15, -0.1) is 0 Å². The summed E-state index contributed by atoms with van der Waals surface area (Å²) in [5.41, 5.74) is 0.481. The van der Waals surface area contributed by atoms with Crippen molar-refractivity contribution in [2.24, 2.45) is 0 Å². The Morgan fingerprint density at radius 1 is 1.47 bits per heavy atom. The molecule has 0 aliphatic rings. The predicted octanol–water partition coefficient (Wildman–Crippen LogP) is 3.05. The molecule has 2 atom stereocenters. The number of nitrogens with zero attached hydrogens (tertiary/aromatic N) is 1. The first kappa shape index (κ1) is 14.1. The van der Waals surface area contributed by atoms with Crippen LogP contribution in [0.4, 0.5) is 4.39 Å². The minimum atomic E-state index is -0.922. The normalized spacial score (nSPS) is 14.7. The van der Waals surface area contributed by atoms with Gasteiger partial charge in [-0.1, -0.05) is 15.9 Å². The van der Waals surface area contributed by atoms with Crippen molar-refractivity contribution in [2.45, 2.75) is 25.9 Å². The van der Waals surface area contributed by atoms with Gasteiger partial charge in [-0.3, -0.25) is 9.69 Å². The fraction of sp³-hybridized carbons (Fsp3) is 0.417. The molecule has 94 valence electrons. The Labute approximate surface area is 108 Å². The molecule has 0 aliphatic heterocycles. The van der Waals surface area contributed by atoms with Crippen LogP contribution < -0.4 is 0 Å². The Kier molecular flexibility index (Phi) is 4.65. The highest BCUT2D eigenvalue weighted by Gasteiger charge is 2.24. The van der Waals surface area contributed by atoms with E-state index >= 15 is 0 Å². The van der Waals surface area contributed by atoms with E-state index in [0.717, 1.165) is 4.47 Å². The van der Waals surface area contributed by atoms with Gasteiger partial charge in [0.25, 0.3) is 0 Å². The van der Waals surface area contributed by atoms with Crippen molar-refractivity contribution >= 4 is 21.9 Å². The fourth-order valence-corrected chi connectivity index (χ4v) is 1.94. The van der Waals surface area contributed by atoms with E-state index in [1.54, 1.807) is 37.9 Å². The molecule has 2 unspecified atom stereocenters. The zero-order valence-electron chi connectivity index (χ0n) is 9.95. The van der Waals surface area contributed by atoms with Gasteiger partial charge in [0.2, 0.25) is 0 Å². The van der Waals surface area contributed by atoms with Gasteiger partial charge >= 0.3 is 5.97 Å². The summed E-state index contributed by atoms with van der Waals surface area (Å²) in [5.74, 6) is -1.25. The van der Waals surface area contributed by atoms with Crippen LogP contribution in [0.2, 0.25) is 0 Å². The van der Waals surface area contributed by atoms with Gasteiger partial charge in [-0.25, -0.2) is 4.39 Å². The van der Waals surface area contributed by atoms with Gasteiger partial charge in [0.15, 0.2) is 0 Å². The van der Waals surface area contributed by atoms with E-state index < -0.39 is 12.0 Å². The average molecular weight is 304 g/mol. The van der Waals surface area contributed by atoms with Crippen LogP contribution in [0.1, 0.15) is 25.5 Å². The Bertz CT molecular complexity index is 425. The molecule has 5 heteroatoms. The van der Waals surface area contributed by atoms with Crippen LogP contribution >= 0.6 is 15.9 Å². The molecule has 0 aliphatic carbocycles. The average Bonchev–Trinajstić information content (AvgIpc) is 2.29. The maximum atomic E-state index is 13.6. The van der Waals surface area contributed by atoms with E-state index in [4.69, 9.17) is 5.11 Å². The monoisotopic (exact) mass is 303 g/mol. The summed E-state index contributed by atoms with van der Waals surface area (Å²) in [6.45, 7) is 3.36. The highest BCUT2D eigenvalue weighted by Crippen LogP contribution is 2.26. The van der Waals surface area contributed by atoms with Gasteiger partial charge in [-0.05, 0) is 39.1 Å². The lowest BCUT2D eigenvalue weighted by molar-refractivity contribution is -0.142. The molecule has 17 heavy (non-hydrogen) atoms. The highest BCUT2D eigenvalue weighted by atomic mass is 79.9. The van der Waals surface area contributed by atoms with Crippen molar-refractivity contribution < 1.29 is 14.3 Å². The first-order valence-electron chi connectivity index (χ1n) is 5.24. The zero-order chi connectivity index (χ0) is 13.2. The lowest BCUT2D eigenvalue weighted by Gasteiger charge is -2.28. The minimum absolute atomic E-state index is 0.307. The van der Waals surface area contributed by atoms with E-state index in [0.29, 0.717) is 5.56 Å². The van der Waals surface area contributed by atoms with Gasteiger partial charge in [0, 0.05) is 16.1 Å². The van der Waals surface area contributed by atoms with Crippen LogP contribution in [0.5, 0.6) is 0 Å². The summed E-state index contributed by atoms with van der Waals surface area (Å²) in [6, 6.07) is 3.69. The van der Waals surface area contributed by atoms with Crippen LogP contribution in [0.15, 0.2) is 22.7 Å². The molecule has 0 radical (unpaired) electrons. The first-order chi connectivity index (χ1) is 7.84. The second kappa shape index (κ2) is 5.60. The summed E-state index contributed by atoms with van der Waals surface area (Å²) in [5, 5.41) is 8.93. The van der Waals surface area contributed by atoms with E-state index in [2.05, 4.69) is 15.9 Å². The Hall–Kier alpha value is -0.940. The molecule has 0 aromatic heterocycles. The van der Waals surface area contributed by atoms with E-state index in [9.17, 15) is 9.18 Å². The highest BCUT2D eigenvalue weighted by molar-refractivity contribution is 9.10. The number of halogens is 2. The third-order valence-corrected chi connectivity index (χ3v) is 3.48. The Morgan fingerprint density at radius 3 is 2.59 bits per heavy atom. The van der Waals surface area contributed by atoms with E-state index in [1.807, 2.05) is 0 Å². The van der Waals surface area contributed by atoms with Crippen molar-refractivity contribution in [3.05, 3.63) is 34.1 Å². The van der Waals surface area contributed by atoms with Crippen LogP contribution in [-0.2, 0) is 4.79 Å². The number of hydrogen-bond donors (Lipinski definition) is 1. The lowest BCUT2D eigenvalue weighted by Crippen LogP contribution is -2.37. The second-order valence-corrected chi connectivity index (χ2v) is 4.94. The topological polar surface area (TPSA) is 40.5 Å². The zero-order valence-corrected chi connectivity index (χ0v) is 11.5. The third kappa shape index (κ3) is 3.26. The summed E-state index contributed by atoms with van der Waals surface area (Å²) in [6.07, 6.45) is 0. The van der Waals surface area contributed by atoms with Crippen molar-refractivity contribution in [2.75, 3.05) is 7.05 Å². The van der Waals surface area contributed by atoms with Gasteiger partial charge in [0.05, 0.1) is 0 Å².